The average Bonchev–Trinajstić information content (AvgIpc) is 2.37. The topological polar surface area (TPSA) is 109 Å². The van der Waals surface area contributed by atoms with Crippen LogP contribution in [0.2, 0.25) is 0 Å². The van der Waals surface area contributed by atoms with Gasteiger partial charge in [0.1, 0.15) is 6.04 Å². The average molecular weight is 316 g/mol. The van der Waals surface area contributed by atoms with E-state index in [0.717, 1.165) is 0 Å². The van der Waals surface area contributed by atoms with Crippen molar-refractivity contribution in [3.63, 3.8) is 0 Å². The van der Waals surface area contributed by atoms with Crippen molar-refractivity contribution in [2.24, 2.45) is 5.84 Å². The molecule has 5 N–H and O–H groups in total. The largest absolute Gasteiger partial charge is 0.357 e. The number of hydrazine groups is 1. The third-order valence-corrected chi connectivity index (χ3v) is 2.66. The molecule has 0 saturated heterocycles. The number of nitrogens with zero attached hydrogens (tertiary/aromatic N) is 1. The van der Waals surface area contributed by atoms with E-state index in [2.05, 4.69) is 37.0 Å². The standard InChI is InChI=1S/C10H14BrN5O2/c1-5(9(17)13-2)15-10(18)7-3-6(11)4-14-8(7)16-12/h3-5H,12H2,1-2H3,(H,13,17)(H,14,16)(H,15,18). The van der Waals surface area contributed by atoms with E-state index in [1.807, 2.05) is 0 Å². The first-order chi connectivity index (χ1) is 8.49. The monoisotopic (exact) mass is 315 g/mol. The summed E-state index contributed by atoms with van der Waals surface area (Å²) in [4.78, 5) is 27.2. The van der Waals surface area contributed by atoms with Gasteiger partial charge >= 0.3 is 0 Å². The summed E-state index contributed by atoms with van der Waals surface area (Å²) in [6.07, 6.45) is 1.51. The van der Waals surface area contributed by atoms with E-state index in [4.69, 9.17) is 5.84 Å². The number of aromatic nitrogens is 1. The number of carbonyl (C=O) groups excluding carboxylic acids is 2. The highest BCUT2D eigenvalue weighted by atomic mass is 79.9. The van der Waals surface area contributed by atoms with Gasteiger partial charge in [-0.15, -0.1) is 0 Å². The van der Waals surface area contributed by atoms with Gasteiger partial charge in [0.25, 0.3) is 5.91 Å². The van der Waals surface area contributed by atoms with Crippen LogP contribution in [0.1, 0.15) is 17.3 Å². The van der Waals surface area contributed by atoms with Gasteiger partial charge < -0.3 is 16.1 Å². The molecule has 1 atom stereocenters. The lowest BCUT2D eigenvalue weighted by Gasteiger charge is -2.13. The van der Waals surface area contributed by atoms with Crippen molar-refractivity contribution in [3.05, 3.63) is 22.3 Å². The van der Waals surface area contributed by atoms with Crippen LogP contribution < -0.4 is 21.9 Å². The maximum absolute atomic E-state index is 12.0. The molecule has 98 valence electrons. The minimum absolute atomic E-state index is 0.236. The van der Waals surface area contributed by atoms with Crippen molar-refractivity contribution in [3.8, 4) is 0 Å². The number of amides is 2. The van der Waals surface area contributed by atoms with E-state index in [-0.39, 0.29) is 17.3 Å². The van der Waals surface area contributed by atoms with Crippen molar-refractivity contribution in [1.82, 2.24) is 15.6 Å². The summed E-state index contributed by atoms with van der Waals surface area (Å²) < 4.78 is 0.638. The number of hydrogen-bond acceptors (Lipinski definition) is 5. The number of nitrogens with two attached hydrogens (primary N) is 1. The molecule has 0 aromatic carbocycles. The minimum Gasteiger partial charge on any atom is -0.357 e. The molecule has 0 radical (unpaired) electrons. The second kappa shape index (κ2) is 6.31. The molecule has 0 aliphatic heterocycles. The lowest BCUT2D eigenvalue weighted by molar-refractivity contribution is -0.122. The van der Waals surface area contributed by atoms with E-state index < -0.39 is 11.9 Å². The summed E-state index contributed by atoms with van der Waals surface area (Å²) >= 11 is 3.21. The summed E-state index contributed by atoms with van der Waals surface area (Å²) in [6.45, 7) is 1.58. The van der Waals surface area contributed by atoms with Crippen LogP contribution in [-0.4, -0.2) is 29.9 Å². The van der Waals surface area contributed by atoms with Gasteiger partial charge in [-0.05, 0) is 28.9 Å². The number of carbonyl (C=O) groups is 2. The van der Waals surface area contributed by atoms with Crippen LogP contribution in [0.3, 0.4) is 0 Å². The highest BCUT2D eigenvalue weighted by molar-refractivity contribution is 9.10. The lowest BCUT2D eigenvalue weighted by Crippen LogP contribution is -2.43. The third kappa shape index (κ3) is 3.41. The molecule has 2 amide bonds. The maximum Gasteiger partial charge on any atom is 0.255 e. The lowest BCUT2D eigenvalue weighted by atomic mass is 10.2. The summed E-state index contributed by atoms with van der Waals surface area (Å²) in [5.74, 6) is 4.78. The highest BCUT2D eigenvalue weighted by Crippen LogP contribution is 2.17. The van der Waals surface area contributed by atoms with Gasteiger partial charge in [0.2, 0.25) is 5.91 Å². The van der Waals surface area contributed by atoms with E-state index in [1.165, 1.54) is 13.2 Å². The normalized spacial score (nSPS) is 11.6. The zero-order valence-electron chi connectivity index (χ0n) is 9.95. The summed E-state index contributed by atoms with van der Waals surface area (Å²) in [6, 6.07) is 0.917. The molecule has 0 aliphatic rings. The fourth-order valence-corrected chi connectivity index (χ4v) is 1.62. The Bertz CT molecular complexity index is 466. The molecular weight excluding hydrogens is 302 g/mol. The van der Waals surface area contributed by atoms with Crippen LogP contribution in [-0.2, 0) is 4.79 Å². The van der Waals surface area contributed by atoms with Gasteiger partial charge in [-0.2, -0.15) is 0 Å². The summed E-state index contributed by atoms with van der Waals surface area (Å²) in [7, 11) is 1.50. The van der Waals surface area contributed by atoms with Gasteiger partial charge in [0.15, 0.2) is 5.82 Å². The Morgan fingerprint density at radius 2 is 2.17 bits per heavy atom. The predicted octanol–water partition coefficient (Wildman–Crippen LogP) is -0.00600. The quantitative estimate of drug-likeness (QED) is 0.462. The zero-order chi connectivity index (χ0) is 13.7. The van der Waals surface area contributed by atoms with Crippen molar-refractivity contribution in [2.45, 2.75) is 13.0 Å². The van der Waals surface area contributed by atoms with Crippen molar-refractivity contribution < 1.29 is 9.59 Å². The van der Waals surface area contributed by atoms with E-state index in [1.54, 1.807) is 13.0 Å². The Morgan fingerprint density at radius 1 is 1.50 bits per heavy atom. The van der Waals surface area contributed by atoms with Crippen LogP contribution in [0.25, 0.3) is 0 Å². The maximum atomic E-state index is 12.0. The SMILES string of the molecule is CNC(=O)C(C)NC(=O)c1cc(Br)cnc1NN. The third-order valence-electron chi connectivity index (χ3n) is 2.22. The smallest absolute Gasteiger partial charge is 0.255 e. The molecule has 1 rings (SSSR count). The Morgan fingerprint density at radius 3 is 2.72 bits per heavy atom. The molecule has 0 bridgehead atoms. The van der Waals surface area contributed by atoms with Gasteiger partial charge in [-0.25, -0.2) is 10.8 Å². The van der Waals surface area contributed by atoms with Gasteiger partial charge in [0.05, 0.1) is 5.56 Å². The van der Waals surface area contributed by atoms with Gasteiger partial charge in [0, 0.05) is 17.7 Å². The van der Waals surface area contributed by atoms with Crippen LogP contribution in [0.15, 0.2) is 16.7 Å². The molecule has 1 aromatic heterocycles. The number of pyridine rings is 1. The number of halogens is 1. The first kappa shape index (κ1) is 14.4. The Hall–Kier alpha value is -1.67. The fraction of sp³-hybridized carbons (Fsp3) is 0.300. The number of nitrogen functional groups attached to an aromatic ring is 1. The molecule has 0 saturated carbocycles. The van der Waals surface area contributed by atoms with Crippen LogP contribution in [0.4, 0.5) is 5.82 Å². The zero-order valence-corrected chi connectivity index (χ0v) is 11.5. The molecule has 18 heavy (non-hydrogen) atoms. The molecule has 7 nitrogen and oxygen atoms in total. The fourth-order valence-electron chi connectivity index (χ4n) is 1.28. The molecule has 8 heteroatoms. The molecule has 0 spiro atoms. The number of likely N-dealkylation sites (N-methyl/N-ethyl adjacent to an activating group) is 1. The Balaban J connectivity index is 2.90. The molecule has 1 heterocycles. The number of nitrogens with one attached hydrogen (secondary N) is 3. The first-order valence-electron chi connectivity index (χ1n) is 5.14. The number of anilines is 1. The molecular formula is C10H14BrN5O2. The Labute approximate surface area is 113 Å². The molecule has 1 aromatic rings. The second-order valence-electron chi connectivity index (χ2n) is 3.50. The highest BCUT2D eigenvalue weighted by Gasteiger charge is 2.18. The predicted molar refractivity (Wildman–Crippen MR) is 70.7 cm³/mol. The minimum atomic E-state index is -0.646. The van der Waals surface area contributed by atoms with Crippen LogP contribution >= 0.6 is 15.9 Å². The van der Waals surface area contributed by atoms with Gasteiger partial charge in [-0.3, -0.25) is 9.59 Å². The first-order valence-corrected chi connectivity index (χ1v) is 5.93. The van der Waals surface area contributed by atoms with E-state index in [9.17, 15) is 9.59 Å². The molecule has 1 unspecified atom stereocenters. The van der Waals surface area contributed by atoms with E-state index >= 15 is 0 Å². The van der Waals surface area contributed by atoms with Crippen molar-refractivity contribution >= 4 is 33.6 Å². The van der Waals surface area contributed by atoms with Crippen LogP contribution in [0.5, 0.6) is 0 Å². The van der Waals surface area contributed by atoms with E-state index in [0.29, 0.717) is 4.47 Å². The van der Waals surface area contributed by atoms with Gasteiger partial charge in [-0.1, -0.05) is 0 Å². The number of hydrogen-bond donors (Lipinski definition) is 4. The van der Waals surface area contributed by atoms with Crippen molar-refractivity contribution in [1.29, 1.82) is 0 Å². The summed E-state index contributed by atoms with van der Waals surface area (Å²) in [5, 5.41) is 4.98. The van der Waals surface area contributed by atoms with Crippen LogP contribution in [0, 0.1) is 0 Å². The molecule has 0 aliphatic carbocycles. The number of rotatable bonds is 4. The Kier molecular flexibility index (Phi) is 5.05. The van der Waals surface area contributed by atoms with Crippen molar-refractivity contribution in [2.75, 3.05) is 12.5 Å². The summed E-state index contributed by atoms with van der Waals surface area (Å²) in [5.41, 5.74) is 2.58. The second-order valence-corrected chi connectivity index (χ2v) is 4.42. The molecule has 0 fully saturated rings.